The summed E-state index contributed by atoms with van der Waals surface area (Å²) in [4.78, 5) is 5.81. The molecule has 1 aromatic heterocycles. The third kappa shape index (κ3) is 5.84. The van der Waals surface area contributed by atoms with Crippen LogP contribution < -0.4 is 9.80 Å². The van der Waals surface area contributed by atoms with Gasteiger partial charge < -0.3 is 14.5 Å². The van der Waals surface area contributed by atoms with Crippen LogP contribution in [0.1, 0.15) is 18.4 Å². The van der Waals surface area contributed by atoms with E-state index in [-0.39, 0.29) is 13.1 Å². The van der Waals surface area contributed by atoms with Gasteiger partial charge in [0.2, 0.25) is 10.0 Å². The number of rotatable bonds is 6. The predicted molar refractivity (Wildman–Crippen MR) is 132 cm³/mol. The van der Waals surface area contributed by atoms with Crippen molar-refractivity contribution in [2.24, 2.45) is 0 Å². The first kappa shape index (κ1) is 26.1. The fraction of sp³-hybridized carbons (Fsp3) is 0.583. The lowest BCUT2D eigenvalue weighted by Crippen LogP contribution is -2.49. The number of ether oxygens (including phenoxy) is 1. The summed E-state index contributed by atoms with van der Waals surface area (Å²) in [5.74, 6) is 1.42. The van der Waals surface area contributed by atoms with Crippen molar-refractivity contribution in [3.05, 3.63) is 42.0 Å². The number of hydrogen-bond donors (Lipinski definition) is 0. The Labute approximate surface area is 214 Å². The molecule has 202 valence electrons. The third-order valence-corrected chi connectivity index (χ3v) is 9.15. The average Bonchev–Trinajstić information content (AvgIpc) is 3.42. The second-order valence-electron chi connectivity index (χ2n) is 9.56. The van der Waals surface area contributed by atoms with E-state index in [1.54, 1.807) is 0 Å². The standard InChI is InChI=1S/C24H31F3N6O3S/c25-24(26,27)20-5-1-2-6-21(20)37(34,35)33-15-13-32(14-16-33)23-8-7-22(28-29-23)31-11-9-30(10-12-31)18-19-4-3-17-36-19/h1-2,5-8,19H,3-4,9-18H2. The van der Waals surface area contributed by atoms with Crippen molar-refractivity contribution in [1.29, 1.82) is 0 Å². The minimum Gasteiger partial charge on any atom is -0.377 e. The highest BCUT2D eigenvalue weighted by atomic mass is 32.2. The van der Waals surface area contributed by atoms with Crippen LogP contribution in [0, 0.1) is 0 Å². The molecule has 0 N–H and O–H groups in total. The number of aromatic nitrogens is 2. The summed E-state index contributed by atoms with van der Waals surface area (Å²) in [5.41, 5.74) is -1.15. The van der Waals surface area contributed by atoms with Gasteiger partial charge in [-0.1, -0.05) is 12.1 Å². The molecule has 1 unspecified atom stereocenters. The monoisotopic (exact) mass is 540 g/mol. The van der Waals surface area contributed by atoms with Crippen LogP contribution >= 0.6 is 0 Å². The van der Waals surface area contributed by atoms with Gasteiger partial charge in [0.05, 0.1) is 16.6 Å². The van der Waals surface area contributed by atoms with E-state index in [1.165, 1.54) is 12.1 Å². The molecular formula is C24H31F3N6O3S. The van der Waals surface area contributed by atoms with Gasteiger partial charge in [-0.2, -0.15) is 17.5 Å². The lowest BCUT2D eigenvalue weighted by atomic mass is 10.2. The van der Waals surface area contributed by atoms with Gasteiger partial charge in [-0.15, -0.1) is 10.2 Å². The van der Waals surface area contributed by atoms with Gasteiger partial charge >= 0.3 is 6.18 Å². The highest BCUT2D eigenvalue weighted by Gasteiger charge is 2.39. The molecule has 9 nitrogen and oxygen atoms in total. The van der Waals surface area contributed by atoms with Crippen molar-refractivity contribution in [1.82, 2.24) is 19.4 Å². The summed E-state index contributed by atoms with van der Waals surface area (Å²) in [6, 6.07) is 8.08. The van der Waals surface area contributed by atoms with Crippen LogP contribution in [0.2, 0.25) is 0 Å². The maximum absolute atomic E-state index is 13.4. The van der Waals surface area contributed by atoms with Gasteiger partial charge in [0.25, 0.3) is 0 Å². The van der Waals surface area contributed by atoms with Crippen LogP contribution in [0.25, 0.3) is 0 Å². The molecule has 0 spiro atoms. The predicted octanol–water partition coefficient (Wildman–Crippen LogP) is 2.31. The smallest absolute Gasteiger partial charge is 0.377 e. The number of piperazine rings is 2. The van der Waals surface area contributed by atoms with Crippen molar-refractivity contribution in [2.45, 2.75) is 30.0 Å². The Morgan fingerprint density at radius 2 is 1.46 bits per heavy atom. The molecule has 4 heterocycles. The number of hydrogen-bond acceptors (Lipinski definition) is 8. The molecule has 0 aliphatic carbocycles. The van der Waals surface area contributed by atoms with Gasteiger partial charge in [0, 0.05) is 65.5 Å². The second kappa shape index (κ2) is 10.7. The van der Waals surface area contributed by atoms with Crippen LogP contribution in [0.3, 0.4) is 0 Å². The molecule has 37 heavy (non-hydrogen) atoms. The molecule has 0 radical (unpaired) electrons. The van der Waals surface area contributed by atoms with Crippen molar-refractivity contribution in [2.75, 3.05) is 75.3 Å². The SMILES string of the molecule is O=S(=O)(c1ccccc1C(F)(F)F)N1CCN(c2ccc(N3CCN(CC4CCCO4)CC3)nn2)CC1. The molecule has 1 aromatic carbocycles. The van der Waals surface area contributed by atoms with Crippen LogP contribution in [-0.2, 0) is 20.9 Å². The topological polar surface area (TPSA) is 82.1 Å². The lowest BCUT2D eigenvalue weighted by molar-refractivity contribution is -0.139. The van der Waals surface area contributed by atoms with E-state index in [4.69, 9.17) is 4.74 Å². The Morgan fingerprint density at radius 3 is 2.00 bits per heavy atom. The number of benzene rings is 1. The third-order valence-electron chi connectivity index (χ3n) is 7.19. The van der Waals surface area contributed by atoms with Crippen molar-refractivity contribution < 1.29 is 26.3 Å². The van der Waals surface area contributed by atoms with E-state index < -0.39 is 26.7 Å². The Kier molecular flexibility index (Phi) is 7.57. The number of alkyl halides is 3. The molecule has 3 aliphatic rings. The molecule has 3 fully saturated rings. The van der Waals surface area contributed by atoms with Gasteiger partial charge in [0.15, 0.2) is 11.6 Å². The maximum Gasteiger partial charge on any atom is 0.417 e. The Bertz CT molecular complexity index is 1160. The van der Waals surface area contributed by atoms with Crippen molar-refractivity contribution in [3.63, 3.8) is 0 Å². The molecule has 0 bridgehead atoms. The van der Waals surface area contributed by atoms with Crippen LogP contribution in [0.5, 0.6) is 0 Å². The fourth-order valence-corrected chi connectivity index (χ4v) is 6.75. The zero-order chi connectivity index (χ0) is 26.0. The van der Waals surface area contributed by atoms with E-state index in [0.29, 0.717) is 25.0 Å². The lowest BCUT2D eigenvalue weighted by Gasteiger charge is -2.36. The van der Waals surface area contributed by atoms with E-state index in [9.17, 15) is 21.6 Å². The summed E-state index contributed by atoms with van der Waals surface area (Å²) >= 11 is 0. The first-order valence-electron chi connectivity index (χ1n) is 12.6. The summed E-state index contributed by atoms with van der Waals surface area (Å²) < 4.78 is 73.0. The molecule has 0 amide bonds. The fourth-order valence-electron chi connectivity index (χ4n) is 5.11. The van der Waals surface area contributed by atoms with Gasteiger partial charge in [-0.05, 0) is 37.1 Å². The average molecular weight is 541 g/mol. The van der Waals surface area contributed by atoms with E-state index in [0.717, 1.165) is 74.4 Å². The molecule has 3 saturated heterocycles. The highest BCUT2D eigenvalue weighted by Crippen LogP contribution is 2.35. The molecule has 3 aliphatic heterocycles. The first-order chi connectivity index (χ1) is 17.7. The second-order valence-corrected chi connectivity index (χ2v) is 11.5. The zero-order valence-electron chi connectivity index (χ0n) is 20.5. The summed E-state index contributed by atoms with van der Waals surface area (Å²) in [6.45, 7) is 6.18. The van der Waals surface area contributed by atoms with Crippen LogP contribution in [0.4, 0.5) is 24.8 Å². The van der Waals surface area contributed by atoms with E-state index in [2.05, 4.69) is 20.0 Å². The van der Waals surface area contributed by atoms with E-state index in [1.807, 2.05) is 17.0 Å². The first-order valence-corrected chi connectivity index (χ1v) is 14.0. The number of halogens is 3. The number of nitrogens with zero attached hydrogens (tertiary/aromatic N) is 6. The maximum atomic E-state index is 13.4. The number of sulfonamides is 1. The van der Waals surface area contributed by atoms with Gasteiger partial charge in [0.1, 0.15) is 0 Å². The summed E-state index contributed by atoms with van der Waals surface area (Å²) in [5, 5.41) is 8.75. The molecular weight excluding hydrogens is 509 g/mol. The van der Waals surface area contributed by atoms with Gasteiger partial charge in [-0.3, -0.25) is 4.90 Å². The molecule has 2 aromatic rings. The summed E-state index contributed by atoms with van der Waals surface area (Å²) in [6.07, 6.45) is -2.13. The quantitative estimate of drug-likeness (QED) is 0.552. The molecule has 1 atom stereocenters. The van der Waals surface area contributed by atoms with E-state index >= 15 is 0 Å². The van der Waals surface area contributed by atoms with Crippen molar-refractivity contribution in [3.8, 4) is 0 Å². The number of anilines is 2. The van der Waals surface area contributed by atoms with Crippen LogP contribution in [-0.4, -0.2) is 99.4 Å². The highest BCUT2D eigenvalue weighted by molar-refractivity contribution is 7.89. The minimum atomic E-state index is -4.75. The largest absolute Gasteiger partial charge is 0.417 e. The minimum absolute atomic E-state index is 0.0601. The molecule has 0 saturated carbocycles. The Hall–Kier alpha value is -2.48. The molecule has 5 rings (SSSR count). The van der Waals surface area contributed by atoms with Crippen LogP contribution in [0.15, 0.2) is 41.3 Å². The molecule has 13 heteroatoms. The summed E-state index contributed by atoms with van der Waals surface area (Å²) in [7, 11) is -4.28. The van der Waals surface area contributed by atoms with Crippen molar-refractivity contribution >= 4 is 21.7 Å². The van der Waals surface area contributed by atoms with Gasteiger partial charge in [-0.25, -0.2) is 8.42 Å². The Balaban J connectivity index is 1.16. The zero-order valence-corrected chi connectivity index (χ0v) is 21.3. The normalized spacial score (nSPS) is 22.5. The Morgan fingerprint density at radius 1 is 0.865 bits per heavy atom.